The lowest BCUT2D eigenvalue weighted by Crippen LogP contribution is -2.21. The number of esters is 1. The minimum Gasteiger partial charge on any atom is -0.444 e. The van der Waals surface area contributed by atoms with Gasteiger partial charge in [0.1, 0.15) is 0 Å². The summed E-state index contributed by atoms with van der Waals surface area (Å²) in [6.07, 6.45) is -0.840. The molecule has 1 heterocycles. The van der Waals surface area contributed by atoms with E-state index in [9.17, 15) is 13.6 Å². The first-order valence-corrected chi connectivity index (χ1v) is 2.61. The fourth-order valence-corrected chi connectivity index (χ4v) is 0.665. The smallest absolute Gasteiger partial charge is 0.345 e. The topological polar surface area (TPSA) is 26.3 Å². The highest BCUT2D eigenvalue weighted by Crippen LogP contribution is 2.20. The van der Waals surface area contributed by atoms with Gasteiger partial charge in [0.25, 0.3) is 0 Å². The Kier molecular flexibility index (Phi) is 1.58. The second-order valence-corrected chi connectivity index (χ2v) is 1.87. The maximum absolute atomic E-state index is 12.4. The molecule has 0 N–H and O–H groups in total. The maximum atomic E-state index is 12.4. The molecule has 0 spiro atoms. The van der Waals surface area contributed by atoms with Gasteiger partial charge < -0.3 is 4.74 Å². The standard InChI is InChI=1S/C6H4F2O2/c1-2-3-4(7)5(8)6(9)10-3/h1,3-5H. The minimum absolute atomic E-state index is 1.21. The van der Waals surface area contributed by atoms with Crippen LogP contribution in [0.2, 0.25) is 0 Å². The lowest BCUT2D eigenvalue weighted by molar-refractivity contribution is -0.143. The first-order chi connectivity index (χ1) is 4.66. The van der Waals surface area contributed by atoms with E-state index in [0.717, 1.165) is 0 Å². The van der Waals surface area contributed by atoms with E-state index in [1.54, 1.807) is 0 Å². The second-order valence-electron chi connectivity index (χ2n) is 1.87. The Morgan fingerprint density at radius 3 is 2.40 bits per heavy atom. The molecule has 3 unspecified atom stereocenters. The summed E-state index contributed by atoms with van der Waals surface area (Å²) in [7, 11) is 0. The molecule has 54 valence electrons. The summed E-state index contributed by atoms with van der Waals surface area (Å²) in [5.41, 5.74) is 0. The summed E-state index contributed by atoms with van der Waals surface area (Å²) in [6.45, 7) is 0. The zero-order valence-electron chi connectivity index (χ0n) is 4.88. The number of hydrogen-bond acceptors (Lipinski definition) is 2. The highest BCUT2D eigenvalue weighted by Gasteiger charge is 2.44. The van der Waals surface area contributed by atoms with E-state index in [2.05, 4.69) is 4.74 Å². The summed E-state index contributed by atoms with van der Waals surface area (Å²) in [5.74, 6) is 0.604. The van der Waals surface area contributed by atoms with Crippen molar-refractivity contribution in [1.29, 1.82) is 0 Å². The van der Waals surface area contributed by atoms with Gasteiger partial charge in [-0.3, -0.25) is 0 Å². The van der Waals surface area contributed by atoms with Crippen LogP contribution < -0.4 is 0 Å². The van der Waals surface area contributed by atoms with E-state index < -0.39 is 24.4 Å². The van der Waals surface area contributed by atoms with Crippen LogP contribution in [0, 0.1) is 12.3 Å². The highest BCUT2D eigenvalue weighted by atomic mass is 19.2. The number of carbonyl (C=O) groups is 1. The predicted octanol–water partition coefficient (Wildman–Crippen LogP) is 0.221. The van der Waals surface area contributed by atoms with E-state index in [1.165, 1.54) is 0 Å². The average Bonchev–Trinajstić information content (AvgIpc) is 2.17. The van der Waals surface area contributed by atoms with Gasteiger partial charge in [0.05, 0.1) is 0 Å². The van der Waals surface area contributed by atoms with Crippen molar-refractivity contribution in [3.8, 4) is 12.3 Å². The molecule has 10 heavy (non-hydrogen) atoms. The molecule has 0 bridgehead atoms. The normalized spacial score (nSPS) is 38.9. The van der Waals surface area contributed by atoms with E-state index in [4.69, 9.17) is 6.42 Å². The monoisotopic (exact) mass is 146 g/mol. The Labute approximate surface area is 56.2 Å². The molecule has 0 aromatic carbocycles. The molecule has 0 aliphatic carbocycles. The number of terminal acetylenes is 1. The number of cyclic esters (lactones) is 1. The lowest BCUT2D eigenvalue weighted by Gasteiger charge is -2.00. The maximum Gasteiger partial charge on any atom is 0.345 e. The second kappa shape index (κ2) is 2.25. The summed E-state index contributed by atoms with van der Waals surface area (Å²) in [5, 5.41) is 0. The van der Waals surface area contributed by atoms with Crippen LogP contribution in [0.4, 0.5) is 8.78 Å². The van der Waals surface area contributed by atoms with Crippen LogP contribution in [-0.4, -0.2) is 24.4 Å². The van der Waals surface area contributed by atoms with Crippen LogP contribution in [0.25, 0.3) is 0 Å². The molecule has 1 saturated heterocycles. The molecule has 0 aromatic rings. The Hall–Kier alpha value is -1.11. The summed E-state index contributed by atoms with van der Waals surface area (Å²) < 4.78 is 28.7. The number of hydrogen-bond donors (Lipinski definition) is 0. The van der Waals surface area contributed by atoms with Crippen molar-refractivity contribution >= 4 is 5.97 Å². The average molecular weight is 146 g/mol. The zero-order chi connectivity index (χ0) is 7.72. The van der Waals surface area contributed by atoms with E-state index >= 15 is 0 Å². The van der Waals surface area contributed by atoms with Crippen molar-refractivity contribution in [3.63, 3.8) is 0 Å². The van der Waals surface area contributed by atoms with Gasteiger partial charge in [0.2, 0.25) is 6.17 Å². The van der Waals surface area contributed by atoms with Gasteiger partial charge in [-0.2, -0.15) is 0 Å². The number of rotatable bonds is 0. The fourth-order valence-electron chi connectivity index (χ4n) is 0.665. The fraction of sp³-hybridized carbons (Fsp3) is 0.500. The largest absolute Gasteiger partial charge is 0.444 e. The predicted molar refractivity (Wildman–Crippen MR) is 28.5 cm³/mol. The van der Waals surface area contributed by atoms with E-state index in [0.29, 0.717) is 0 Å². The van der Waals surface area contributed by atoms with E-state index in [1.807, 2.05) is 5.92 Å². The summed E-state index contributed by atoms with van der Waals surface area (Å²) >= 11 is 0. The van der Waals surface area contributed by atoms with Gasteiger partial charge >= 0.3 is 5.97 Å². The Balaban J connectivity index is 2.73. The molecule has 4 heteroatoms. The van der Waals surface area contributed by atoms with Crippen molar-refractivity contribution in [2.45, 2.75) is 18.4 Å². The molecule has 0 aromatic heterocycles. The SMILES string of the molecule is C#CC1OC(=O)C(F)C1F. The van der Waals surface area contributed by atoms with Crippen LogP contribution >= 0.6 is 0 Å². The number of alkyl halides is 2. The minimum atomic E-state index is -2.21. The molecule has 0 saturated carbocycles. The van der Waals surface area contributed by atoms with Crippen molar-refractivity contribution in [1.82, 2.24) is 0 Å². The lowest BCUT2D eigenvalue weighted by atomic mass is 10.2. The molecule has 1 rings (SSSR count). The molecule has 1 fully saturated rings. The molecular formula is C6H4F2O2. The number of carbonyl (C=O) groups excluding carboxylic acids is 1. The molecule has 3 atom stereocenters. The third-order valence-electron chi connectivity index (χ3n) is 1.20. The van der Waals surface area contributed by atoms with Crippen molar-refractivity contribution < 1.29 is 18.3 Å². The van der Waals surface area contributed by atoms with Gasteiger partial charge in [-0.1, -0.05) is 5.92 Å². The molecule has 0 radical (unpaired) electrons. The highest BCUT2D eigenvalue weighted by molar-refractivity contribution is 5.78. The first-order valence-electron chi connectivity index (χ1n) is 2.61. The van der Waals surface area contributed by atoms with Gasteiger partial charge in [-0.15, -0.1) is 6.42 Å². The summed E-state index contributed by atoms with van der Waals surface area (Å²) in [6, 6.07) is 0. The quantitative estimate of drug-likeness (QED) is 0.361. The first kappa shape index (κ1) is 7.00. The molecular weight excluding hydrogens is 142 g/mol. The van der Waals surface area contributed by atoms with Crippen LogP contribution in [0.5, 0.6) is 0 Å². The van der Waals surface area contributed by atoms with Crippen LogP contribution in [0.15, 0.2) is 0 Å². The van der Waals surface area contributed by atoms with Gasteiger partial charge in [-0.25, -0.2) is 13.6 Å². The number of ether oxygens (including phenoxy) is 1. The van der Waals surface area contributed by atoms with Gasteiger partial charge in [0, 0.05) is 0 Å². The van der Waals surface area contributed by atoms with Crippen molar-refractivity contribution in [2.24, 2.45) is 0 Å². The zero-order valence-corrected chi connectivity index (χ0v) is 4.88. The molecule has 1 aliphatic heterocycles. The van der Waals surface area contributed by atoms with E-state index in [-0.39, 0.29) is 0 Å². The number of halogens is 2. The van der Waals surface area contributed by atoms with Gasteiger partial charge in [0.15, 0.2) is 12.3 Å². The van der Waals surface area contributed by atoms with Gasteiger partial charge in [-0.05, 0) is 0 Å². The van der Waals surface area contributed by atoms with Crippen molar-refractivity contribution in [3.05, 3.63) is 0 Å². The van der Waals surface area contributed by atoms with Crippen LogP contribution in [0.3, 0.4) is 0 Å². The van der Waals surface area contributed by atoms with Crippen LogP contribution in [0.1, 0.15) is 0 Å². The molecule has 2 nitrogen and oxygen atoms in total. The Bertz CT molecular complexity index is 196. The Morgan fingerprint density at radius 1 is 1.60 bits per heavy atom. The summed E-state index contributed by atoms with van der Waals surface area (Å²) in [4.78, 5) is 10.2. The molecule has 0 amide bonds. The molecule has 1 aliphatic rings. The van der Waals surface area contributed by atoms with Crippen LogP contribution in [-0.2, 0) is 9.53 Å². The van der Waals surface area contributed by atoms with Crippen molar-refractivity contribution in [2.75, 3.05) is 0 Å². The third kappa shape index (κ3) is 0.838. The third-order valence-corrected chi connectivity index (χ3v) is 1.20. The Morgan fingerprint density at radius 2 is 2.20 bits per heavy atom.